The van der Waals surface area contributed by atoms with Crippen molar-refractivity contribution in [2.24, 2.45) is 0 Å². The van der Waals surface area contributed by atoms with E-state index in [1.54, 1.807) is 30.6 Å². The van der Waals surface area contributed by atoms with Gasteiger partial charge in [0.25, 0.3) is 0 Å². The Morgan fingerprint density at radius 3 is 2.39 bits per heavy atom. The minimum atomic E-state index is -3.58. The smallest absolute Gasteiger partial charge is 0.240 e. The first-order valence-electron chi connectivity index (χ1n) is 9.09. The van der Waals surface area contributed by atoms with E-state index in [4.69, 9.17) is 4.74 Å². The van der Waals surface area contributed by atoms with E-state index in [1.807, 2.05) is 44.2 Å². The van der Waals surface area contributed by atoms with Gasteiger partial charge >= 0.3 is 0 Å². The van der Waals surface area contributed by atoms with Crippen molar-refractivity contribution in [1.29, 1.82) is 0 Å². The molecule has 0 atom stereocenters. The van der Waals surface area contributed by atoms with Gasteiger partial charge in [-0.3, -0.25) is 0 Å². The minimum Gasteiger partial charge on any atom is -0.494 e. The summed E-state index contributed by atoms with van der Waals surface area (Å²) < 4.78 is 33.1. The Labute approximate surface area is 165 Å². The highest BCUT2D eigenvalue weighted by atomic mass is 32.2. The predicted molar refractivity (Wildman–Crippen MR) is 109 cm³/mol. The van der Waals surface area contributed by atoms with Gasteiger partial charge in [0.05, 0.1) is 11.5 Å². The molecule has 28 heavy (non-hydrogen) atoms. The molecule has 0 saturated carbocycles. The maximum atomic E-state index is 12.5. The average Bonchev–Trinajstić information content (AvgIpc) is 2.71. The highest BCUT2D eigenvalue weighted by molar-refractivity contribution is 7.89. The maximum Gasteiger partial charge on any atom is 0.240 e. The molecule has 1 N–H and O–H groups in total. The van der Waals surface area contributed by atoms with Gasteiger partial charge in [-0.25, -0.2) is 23.1 Å². The Morgan fingerprint density at radius 1 is 1.04 bits per heavy atom. The van der Waals surface area contributed by atoms with Crippen LogP contribution in [0.15, 0.2) is 65.8 Å². The predicted octanol–water partition coefficient (Wildman–Crippen LogP) is 3.37. The first kappa shape index (κ1) is 20.0. The fourth-order valence-electron chi connectivity index (χ4n) is 2.74. The van der Waals surface area contributed by atoms with Crippen LogP contribution in [0.5, 0.6) is 5.75 Å². The fourth-order valence-corrected chi connectivity index (χ4v) is 3.86. The van der Waals surface area contributed by atoms with Crippen molar-refractivity contribution in [3.8, 4) is 17.1 Å². The molecule has 6 nitrogen and oxygen atoms in total. The standard InChI is InChI=1S/C21H23N3O3S/c1-3-27-20-10-9-19(13-16(20)2)28(25,26)24-12-11-17-14-22-21(23-15-17)18-7-5-4-6-8-18/h4-10,13-15,24H,3,11-12H2,1-2H3. The van der Waals surface area contributed by atoms with Crippen LogP contribution in [-0.2, 0) is 16.4 Å². The highest BCUT2D eigenvalue weighted by Crippen LogP contribution is 2.21. The van der Waals surface area contributed by atoms with Crippen LogP contribution in [0.1, 0.15) is 18.1 Å². The molecule has 1 aromatic heterocycles. The van der Waals surface area contributed by atoms with Crippen LogP contribution in [-0.4, -0.2) is 31.5 Å². The van der Waals surface area contributed by atoms with E-state index in [9.17, 15) is 8.42 Å². The zero-order chi connectivity index (χ0) is 20.0. The summed E-state index contributed by atoms with van der Waals surface area (Å²) >= 11 is 0. The molecule has 7 heteroatoms. The van der Waals surface area contributed by atoms with E-state index < -0.39 is 10.0 Å². The Balaban J connectivity index is 1.60. The van der Waals surface area contributed by atoms with Crippen molar-refractivity contribution < 1.29 is 13.2 Å². The number of hydrogen-bond acceptors (Lipinski definition) is 5. The first-order valence-corrected chi connectivity index (χ1v) is 10.6. The lowest BCUT2D eigenvalue weighted by Gasteiger charge is -2.10. The van der Waals surface area contributed by atoms with Gasteiger partial charge in [-0.1, -0.05) is 30.3 Å². The molecule has 0 aliphatic rings. The Bertz CT molecular complexity index is 1020. The molecule has 2 aromatic carbocycles. The van der Waals surface area contributed by atoms with Crippen molar-refractivity contribution in [3.63, 3.8) is 0 Å². The van der Waals surface area contributed by atoms with Gasteiger partial charge in [-0.2, -0.15) is 0 Å². The summed E-state index contributed by atoms with van der Waals surface area (Å²) in [4.78, 5) is 8.94. The van der Waals surface area contributed by atoms with Gasteiger partial charge in [-0.15, -0.1) is 0 Å². The van der Waals surface area contributed by atoms with Gasteiger partial charge < -0.3 is 4.74 Å². The Kier molecular flexibility index (Phi) is 6.38. The van der Waals surface area contributed by atoms with E-state index in [2.05, 4.69) is 14.7 Å². The molecule has 0 amide bonds. The van der Waals surface area contributed by atoms with Crippen LogP contribution < -0.4 is 9.46 Å². The number of aryl methyl sites for hydroxylation is 1. The Hall–Kier alpha value is -2.77. The van der Waals surface area contributed by atoms with E-state index in [0.29, 0.717) is 24.6 Å². The average molecular weight is 398 g/mol. The lowest BCUT2D eigenvalue weighted by atomic mass is 10.2. The summed E-state index contributed by atoms with van der Waals surface area (Å²) in [6.07, 6.45) is 3.96. The molecule has 0 fully saturated rings. The topological polar surface area (TPSA) is 81.2 Å². The molecular formula is C21H23N3O3S. The van der Waals surface area contributed by atoms with Crippen molar-refractivity contribution in [3.05, 3.63) is 72.1 Å². The maximum absolute atomic E-state index is 12.5. The number of nitrogens with zero attached hydrogens (tertiary/aromatic N) is 2. The number of benzene rings is 2. The highest BCUT2D eigenvalue weighted by Gasteiger charge is 2.15. The van der Waals surface area contributed by atoms with Crippen LogP contribution in [0.3, 0.4) is 0 Å². The van der Waals surface area contributed by atoms with Gasteiger partial charge in [0, 0.05) is 24.5 Å². The number of rotatable bonds is 8. The molecule has 0 spiro atoms. The zero-order valence-electron chi connectivity index (χ0n) is 15.9. The lowest BCUT2D eigenvalue weighted by Crippen LogP contribution is -2.26. The molecule has 0 unspecified atom stereocenters. The molecule has 146 valence electrons. The molecule has 0 bridgehead atoms. The number of aromatic nitrogens is 2. The van der Waals surface area contributed by atoms with Crippen LogP contribution in [0.25, 0.3) is 11.4 Å². The fraction of sp³-hybridized carbons (Fsp3) is 0.238. The van der Waals surface area contributed by atoms with Crippen LogP contribution >= 0.6 is 0 Å². The normalized spacial score (nSPS) is 11.4. The quantitative estimate of drug-likeness (QED) is 0.630. The molecule has 0 saturated heterocycles. The minimum absolute atomic E-state index is 0.226. The van der Waals surface area contributed by atoms with Gasteiger partial charge in [0.1, 0.15) is 5.75 Å². The van der Waals surface area contributed by atoms with Gasteiger partial charge in [-0.05, 0) is 49.6 Å². The second-order valence-electron chi connectivity index (χ2n) is 6.29. The summed E-state index contributed by atoms with van der Waals surface area (Å²) in [6, 6.07) is 14.6. The van der Waals surface area contributed by atoms with Gasteiger partial charge in [0.2, 0.25) is 10.0 Å². The van der Waals surface area contributed by atoms with Crippen LogP contribution in [0, 0.1) is 6.92 Å². The third-order valence-corrected chi connectivity index (χ3v) is 5.66. The summed E-state index contributed by atoms with van der Waals surface area (Å²) in [5.74, 6) is 1.34. The van der Waals surface area contributed by atoms with Crippen LogP contribution in [0.2, 0.25) is 0 Å². The molecule has 3 aromatic rings. The van der Waals surface area contributed by atoms with E-state index in [1.165, 1.54) is 0 Å². The van der Waals surface area contributed by atoms with Crippen LogP contribution in [0.4, 0.5) is 0 Å². The lowest BCUT2D eigenvalue weighted by molar-refractivity contribution is 0.337. The Morgan fingerprint density at radius 2 is 1.75 bits per heavy atom. The van der Waals surface area contributed by atoms with Crippen molar-refractivity contribution in [1.82, 2.24) is 14.7 Å². The molecule has 1 heterocycles. The second-order valence-corrected chi connectivity index (χ2v) is 8.06. The van der Waals surface area contributed by atoms with E-state index in [0.717, 1.165) is 16.7 Å². The van der Waals surface area contributed by atoms with Crippen molar-refractivity contribution in [2.75, 3.05) is 13.2 Å². The first-order chi connectivity index (χ1) is 13.5. The number of hydrogen-bond donors (Lipinski definition) is 1. The molecule has 0 aliphatic heterocycles. The molecule has 0 radical (unpaired) electrons. The number of ether oxygens (including phenoxy) is 1. The van der Waals surface area contributed by atoms with E-state index in [-0.39, 0.29) is 11.4 Å². The summed E-state index contributed by atoms with van der Waals surface area (Å²) in [7, 11) is -3.58. The van der Waals surface area contributed by atoms with Gasteiger partial charge in [0.15, 0.2) is 5.82 Å². The van der Waals surface area contributed by atoms with Crippen molar-refractivity contribution >= 4 is 10.0 Å². The van der Waals surface area contributed by atoms with Crippen molar-refractivity contribution in [2.45, 2.75) is 25.2 Å². The summed E-state index contributed by atoms with van der Waals surface area (Å²) in [6.45, 7) is 4.52. The molecular weight excluding hydrogens is 374 g/mol. The number of nitrogens with one attached hydrogen (secondary N) is 1. The monoisotopic (exact) mass is 397 g/mol. The molecule has 3 rings (SSSR count). The third kappa shape index (κ3) is 4.94. The SMILES string of the molecule is CCOc1ccc(S(=O)(=O)NCCc2cnc(-c3ccccc3)nc2)cc1C. The molecule has 0 aliphatic carbocycles. The number of sulfonamides is 1. The summed E-state index contributed by atoms with van der Waals surface area (Å²) in [5.41, 5.74) is 2.60. The largest absolute Gasteiger partial charge is 0.494 e. The van der Waals surface area contributed by atoms with E-state index >= 15 is 0 Å². The third-order valence-electron chi connectivity index (χ3n) is 4.20. The second kappa shape index (κ2) is 8.95. The summed E-state index contributed by atoms with van der Waals surface area (Å²) in [5, 5.41) is 0. The zero-order valence-corrected chi connectivity index (χ0v) is 16.7.